The maximum Gasteiger partial charge on any atom is 0.353 e. The van der Waals surface area contributed by atoms with Crippen molar-refractivity contribution in [2.45, 2.75) is 62.8 Å². The van der Waals surface area contributed by atoms with Crippen molar-refractivity contribution < 1.29 is 23.7 Å². The molecule has 1 aliphatic heterocycles. The number of aliphatic hydroxyl groups is 1. The van der Waals surface area contributed by atoms with Crippen molar-refractivity contribution >= 4 is 31.2 Å². The van der Waals surface area contributed by atoms with Crippen molar-refractivity contribution in [3.05, 3.63) is 16.8 Å². The maximum atomic E-state index is 12.8. The molecule has 0 amide bonds. The molecule has 0 spiro atoms. The average molecular weight is 478 g/mol. The van der Waals surface area contributed by atoms with Gasteiger partial charge in [-0.15, -0.1) is 11.8 Å². The summed E-state index contributed by atoms with van der Waals surface area (Å²) in [6.07, 6.45) is 2.63. The molecule has 5 atom stereocenters. The molecular weight excluding hydrogens is 445 g/mol. The van der Waals surface area contributed by atoms with E-state index >= 15 is 0 Å². The van der Waals surface area contributed by atoms with Gasteiger partial charge >= 0.3 is 11.7 Å². The minimum atomic E-state index is -3.34. The molecule has 1 saturated heterocycles. The molecule has 0 aromatic carbocycles. The van der Waals surface area contributed by atoms with Gasteiger partial charge in [-0.25, -0.2) is 14.9 Å². The Labute approximate surface area is 186 Å². The van der Waals surface area contributed by atoms with Crippen LogP contribution in [0, 0.1) is 5.92 Å². The van der Waals surface area contributed by atoms with Crippen molar-refractivity contribution in [1.82, 2.24) is 19.6 Å². The van der Waals surface area contributed by atoms with Crippen LogP contribution in [0.1, 0.15) is 45.4 Å². The third-order valence-corrected chi connectivity index (χ3v) is 8.17. The lowest BCUT2D eigenvalue weighted by Gasteiger charge is -2.22. The van der Waals surface area contributed by atoms with Gasteiger partial charge in [0.1, 0.15) is 12.4 Å². The summed E-state index contributed by atoms with van der Waals surface area (Å²) in [6, 6.07) is -0.801. The van der Waals surface area contributed by atoms with Crippen LogP contribution in [0.5, 0.6) is 0 Å². The predicted molar refractivity (Wildman–Crippen MR) is 119 cm³/mol. The highest BCUT2D eigenvalue weighted by molar-refractivity contribution is 8.00. The van der Waals surface area contributed by atoms with E-state index in [-0.39, 0.29) is 24.3 Å². The number of esters is 1. The van der Waals surface area contributed by atoms with E-state index < -0.39 is 36.6 Å². The molecule has 1 unspecified atom stereocenters. The topological polar surface area (TPSA) is 159 Å². The van der Waals surface area contributed by atoms with E-state index in [1.165, 1.54) is 29.3 Å². The quantitative estimate of drug-likeness (QED) is 0.312. The summed E-state index contributed by atoms with van der Waals surface area (Å²) in [7, 11) is -3.34. The second kappa shape index (κ2) is 11.4. The average Bonchev–Trinajstić information content (AvgIpc) is 3.07. The molecule has 13 heteroatoms. The first-order chi connectivity index (χ1) is 14.6. The molecule has 1 aromatic heterocycles. The number of nitrogens with one attached hydrogen (secondary N) is 1. The van der Waals surface area contributed by atoms with Crippen LogP contribution < -0.4 is 16.5 Å². The van der Waals surface area contributed by atoms with Crippen LogP contribution in [0.15, 0.2) is 11.1 Å². The summed E-state index contributed by atoms with van der Waals surface area (Å²) in [5.41, 5.74) is 4.85. The fraction of sp³-hybridized carbons (Fsp3) is 0.778. The van der Waals surface area contributed by atoms with E-state index in [1.807, 2.05) is 13.8 Å². The maximum absolute atomic E-state index is 12.8. The molecule has 0 radical (unpaired) electrons. The normalized spacial score (nSPS) is 24.1. The van der Waals surface area contributed by atoms with Crippen LogP contribution in [0.4, 0.5) is 5.95 Å². The van der Waals surface area contributed by atoms with E-state index in [9.17, 15) is 19.3 Å². The van der Waals surface area contributed by atoms with Crippen molar-refractivity contribution in [3.63, 3.8) is 0 Å². The van der Waals surface area contributed by atoms with Crippen LogP contribution in [-0.4, -0.2) is 62.9 Å². The van der Waals surface area contributed by atoms with E-state index in [4.69, 9.17) is 15.0 Å². The lowest BCUT2D eigenvalue weighted by molar-refractivity contribution is -0.146. The van der Waals surface area contributed by atoms with Crippen molar-refractivity contribution in [3.8, 4) is 0 Å². The standard InChI is InChI=1S/C18H32N5O6PS/c1-5-12(6-2)8-28-16(25)11(3)22-30(4,27)29-9-14-13(24)7-15(31-14)23-10-20-17(19)21-18(23)26/h10-15,24H,5-9H2,1-4H3,(H,22,27)(H2,19,21,26)/t11-,13+,14+,15+,30?/m0/s1. The smallest absolute Gasteiger partial charge is 0.353 e. The predicted octanol–water partition coefficient (Wildman–Crippen LogP) is 1.38. The second-order valence-corrected chi connectivity index (χ2v) is 11.3. The van der Waals surface area contributed by atoms with Gasteiger partial charge in [0.25, 0.3) is 7.52 Å². The van der Waals surface area contributed by atoms with E-state index in [0.717, 1.165) is 12.8 Å². The van der Waals surface area contributed by atoms with Gasteiger partial charge in [-0.1, -0.05) is 26.7 Å². The Morgan fingerprint density at radius 3 is 2.77 bits per heavy atom. The Bertz CT molecular complexity index is 851. The van der Waals surface area contributed by atoms with Crippen molar-refractivity contribution in [1.29, 1.82) is 0 Å². The Kier molecular flexibility index (Phi) is 9.50. The van der Waals surface area contributed by atoms with Crippen molar-refractivity contribution in [2.75, 3.05) is 25.6 Å². The zero-order valence-corrected chi connectivity index (χ0v) is 20.0. The molecule has 1 aromatic rings. The number of thioether (sulfide) groups is 1. The third-order valence-electron chi connectivity index (χ3n) is 5.14. The number of hydrogen-bond acceptors (Lipinski definition) is 10. The van der Waals surface area contributed by atoms with Gasteiger partial charge in [0.2, 0.25) is 5.95 Å². The molecule has 0 aliphatic carbocycles. The number of ether oxygens (including phenoxy) is 1. The number of aliphatic hydroxyl groups excluding tert-OH is 1. The number of aromatic nitrogens is 3. The number of nitrogens with zero attached hydrogens (tertiary/aromatic N) is 3. The van der Waals surface area contributed by atoms with Crippen LogP contribution in [-0.2, 0) is 18.6 Å². The fourth-order valence-electron chi connectivity index (χ4n) is 3.10. The fourth-order valence-corrected chi connectivity index (χ4v) is 5.95. The highest BCUT2D eigenvalue weighted by Gasteiger charge is 2.37. The first-order valence-electron chi connectivity index (χ1n) is 10.3. The van der Waals surface area contributed by atoms with Crippen LogP contribution in [0.3, 0.4) is 0 Å². The first kappa shape index (κ1) is 25.8. The molecule has 0 bridgehead atoms. The minimum absolute atomic E-state index is 0.0246. The van der Waals surface area contributed by atoms with Gasteiger partial charge in [-0.3, -0.25) is 13.9 Å². The molecule has 11 nitrogen and oxygen atoms in total. The number of carbonyl (C=O) groups excluding carboxylic acids is 1. The van der Waals surface area contributed by atoms with E-state index in [2.05, 4.69) is 15.1 Å². The summed E-state index contributed by atoms with van der Waals surface area (Å²) in [4.78, 5) is 31.6. The Hall–Kier alpha value is -1.46. The molecule has 0 saturated carbocycles. The number of nitrogens with two attached hydrogens (primary N) is 1. The van der Waals surface area contributed by atoms with E-state index in [0.29, 0.717) is 12.5 Å². The van der Waals surface area contributed by atoms with Gasteiger partial charge in [0, 0.05) is 13.1 Å². The summed E-state index contributed by atoms with van der Waals surface area (Å²) >= 11 is 1.30. The zero-order valence-electron chi connectivity index (χ0n) is 18.3. The lowest BCUT2D eigenvalue weighted by Crippen LogP contribution is -2.35. The summed E-state index contributed by atoms with van der Waals surface area (Å²) in [5, 5.41) is 12.2. The van der Waals surface area contributed by atoms with Gasteiger partial charge in [0.05, 0.1) is 29.9 Å². The Balaban J connectivity index is 1.86. The summed E-state index contributed by atoms with van der Waals surface area (Å²) in [5.74, 6) is -0.306. The lowest BCUT2D eigenvalue weighted by atomic mass is 10.1. The Morgan fingerprint density at radius 2 is 2.16 bits per heavy atom. The molecule has 1 fully saturated rings. The monoisotopic (exact) mass is 477 g/mol. The molecule has 2 heterocycles. The largest absolute Gasteiger partial charge is 0.464 e. The highest BCUT2D eigenvalue weighted by atomic mass is 32.2. The SMILES string of the molecule is CCC(CC)COC(=O)[C@H](C)NP(C)(=O)OC[C@H]1S[C@@H](n2cnc(N)nc2=O)C[C@H]1O. The number of hydrogen-bond donors (Lipinski definition) is 3. The molecule has 1 aliphatic rings. The Morgan fingerprint density at radius 1 is 1.48 bits per heavy atom. The van der Waals surface area contributed by atoms with Crippen molar-refractivity contribution in [2.24, 2.45) is 5.92 Å². The molecular formula is C18H32N5O6PS. The third kappa shape index (κ3) is 7.57. The highest BCUT2D eigenvalue weighted by Crippen LogP contribution is 2.44. The van der Waals surface area contributed by atoms with Crippen LogP contribution in [0.2, 0.25) is 0 Å². The van der Waals surface area contributed by atoms with Gasteiger partial charge in [0.15, 0.2) is 0 Å². The molecule has 4 N–H and O–H groups in total. The van der Waals surface area contributed by atoms with Gasteiger partial charge in [-0.05, 0) is 12.8 Å². The molecule has 31 heavy (non-hydrogen) atoms. The summed E-state index contributed by atoms with van der Waals surface area (Å²) < 4.78 is 24.9. The van der Waals surface area contributed by atoms with Crippen LogP contribution in [0.25, 0.3) is 0 Å². The van der Waals surface area contributed by atoms with Gasteiger partial charge < -0.3 is 20.1 Å². The number of rotatable bonds is 11. The van der Waals surface area contributed by atoms with E-state index in [1.54, 1.807) is 6.92 Å². The second-order valence-electron chi connectivity index (χ2n) is 7.64. The number of nitrogen functional groups attached to an aromatic ring is 1. The number of anilines is 1. The molecule has 176 valence electrons. The van der Waals surface area contributed by atoms with Crippen LogP contribution >= 0.6 is 19.3 Å². The first-order valence-corrected chi connectivity index (χ1v) is 13.3. The molecule has 2 rings (SSSR count). The minimum Gasteiger partial charge on any atom is -0.464 e. The number of carbonyl (C=O) groups is 1. The zero-order chi connectivity index (χ0) is 23.2. The van der Waals surface area contributed by atoms with Gasteiger partial charge in [-0.2, -0.15) is 4.98 Å². The summed E-state index contributed by atoms with van der Waals surface area (Å²) in [6.45, 7) is 7.32.